The van der Waals surface area contributed by atoms with Crippen LogP contribution >= 0.6 is 24.8 Å². The molecule has 0 radical (unpaired) electrons. The van der Waals surface area contributed by atoms with Crippen molar-refractivity contribution in [2.45, 2.75) is 71.6 Å². The van der Waals surface area contributed by atoms with Crippen LogP contribution in [-0.2, 0) is 0 Å². The number of H-pyrrole nitrogens is 3. The molecule has 9 heteroatoms. The Balaban J connectivity index is 1.39. The third-order valence-corrected chi connectivity index (χ3v) is 12.2. The van der Waals surface area contributed by atoms with Gasteiger partial charge in [0, 0.05) is 67.1 Å². The predicted molar refractivity (Wildman–Crippen MR) is 217 cm³/mol. The van der Waals surface area contributed by atoms with Crippen LogP contribution in [0.15, 0.2) is 72.9 Å². The van der Waals surface area contributed by atoms with Gasteiger partial charge in [0.25, 0.3) is 0 Å². The summed E-state index contributed by atoms with van der Waals surface area (Å²) in [4.78, 5) is 7.10. The quantitative estimate of drug-likeness (QED) is 0.0981. The molecule has 0 saturated carbocycles. The lowest BCUT2D eigenvalue weighted by atomic mass is 9.74. The minimum Gasteiger partial charge on any atom is -0.495 e. The van der Waals surface area contributed by atoms with E-state index in [2.05, 4.69) is 140 Å². The van der Waals surface area contributed by atoms with Gasteiger partial charge in [-0.05, 0) is 130 Å². The zero-order chi connectivity index (χ0) is 35.9. The topological polar surface area (TPSA) is 79.3 Å². The summed E-state index contributed by atoms with van der Waals surface area (Å²) < 4.78 is 10.2. The standard InChI is InChI=1S/C42H44N6OS2/c1-9-42(51)21-33(40-45-46-41(50)48(40)37-14-15-38(49-8)39-29(37)16-17-47(39)22(2)3)32(27-10-12-35-30(18-27)23(4)25(6)43-35)20-34(42)28-11-13-36-31(19-28)24(5)26(7)44-36/h10-22,34,43-44,51H,9H2,1-8H3,(H,46,50). The van der Waals surface area contributed by atoms with Crippen molar-refractivity contribution < 1.29 is 4.74 Å². The van der Waals surface area contributed by atoms with Crippen molar-refractivity contribution in [2.75, 3.05) is 7.11 Å². The first-order chi connectivity index (χ1) is 24.4. The number of allylic oxidation sites excluding steroid dienone is 3. The van der Waals surface area contributed by atoms with E-state index in [0.717, 1.165) is 62.3 Å². The van der Waals surface area contributed by atoms with Gasteiger partial charge in [-0.25, -0.2) is 0 Å². The van der Waals surface area contributed by atoms with Gasteiger partial charge < -0.3 is 19.3 Å². The number of fused-ring (bicyclic) bond motifs is 3. The molecule has 260 valence electrons. The van der Waals surface area contributed by atoms with Crippen LogP contribution in [0.4, 0.5) is 0 Å². The van der Waals surface area contributed by atoms with Crippen LogP contribution in [-0.4, -0.2) is 41.2 Å². The normalized spacial score (nSPS) is 18.0. The Hall–Kier alpha value is -4.73. The Morgan fingerprint density at radius 2 is 1.59 bits per heavy atom. The summed E-state index contributed by atoms with van der Waals surface area (Å²) in [6.07, 6.45) is 7.67. The number of aromatic amines is 3. The van der Waals surface area contributed by atoms with Crippen LogP contribution in [0.1, 0.15) is 78.6 Å². The molecule has 0 fully saturated rings. The maximum absolute atomic E-state index is 6.02. The molecule has 0 aliphatic heterocycles. The molecule has 2 atom stereocenters. The van der Waals surface area contributed by atoms with E-state index in [-0.39, 0.29) is 12.0 Å². The Kier molecular flexibility index (Phi) is 8.00. The fourth-order valence-corrected chi connectivity index (χ4v) is 8.57. The summed E-state index contributed by atoms with van der Waals surface area (Å²) in [6.45, 7) is 15.2. The Morgan fingerprint density at radius 3 is 2.25 bits per heavy atom. The van der Waals surface area contributed by atoms with Crippen LogP contribution in [0, 0.1) is 32.5 Å². The van der Waals surface area contributed by atoms with E-state index < -0.39 is 4.75 Å². The third-order valence-electron chi connectivity index (χ3n) is 11.2. The number of ether oxygens (including phenoxy) is 1. The van der Waals surface area contributed by atoms with E-state index >= 15 is 0 Å². The van der Waals surface area contributed by atoms with Crippen molar-refractivity contribution in [3.63, 3.8) is 0 Å². The largest absolute Gasteiger partial charge is 0.495 e. The first-order valence-corrected chi connectivity index (χ1v) is 18.5. The number of hydrogen-bond donors (Lipinski definition) is 4. The number of rotatable bonds is 7. The lowest BCUT2D eigenvalue weighted by molar-refractivity contribution is 0.416. The van der Waals surface area contributed by atoms with E-state index in [4.69, 9.17) is 34.7 Å². The summed E-state index contributed by atoms with van der Waals surface area (Å²) in [5.74, 6) is 1.56. The SMILES string of the molecule is CCC1(S)C=C(c2n[nH]c(=S)n2-c2ccc(OC)c3c2ccn3C(C)C)C(c2ccc3[nH]c(C)c(C)c3c2)=CC1c1ccc2[nH]c(C)c(C)c2c1. The van der Waals surface area contributed by atoms with Gasteiger partial charge in [-0.15, -0.1) is 0 Å². The smallest absolute Gasteiger partial charge is 0.200 e. The van der Waals surface area contributed by atoms with Crippen LogP contribution in [0.25, 0.3) is 49.5 Å². The molecular weight excluding hydrogens is 669 g/mol. The van der Waals surface area contributed by atoms with Gasteiger partial charge in [-0.1, -0.05) is 31.2 Å². The molecule has 0 saturated heterocycles. The minimum absolute atomic E-state index is 0.00326. The highest BCUT2D eigenvalue weighted by Gasteiger charge is 2.38. The molecule has 1 aliphatic rings. The molecule has 0 amide bonds. The van der Waals surface area contributed by atoms with Gasteiger partial charge in [0.1, 0.15) is 5.75 Å². The first kappa shape index (κ1) is 33.4. The molecule has 8 rings (SSSR count). The molecule has 4 heterocycles. The zero-order valence-electron chi connectivity index (χ0n) is 30.4. The van der Waals surface area contributed by atoms with Gasteiger partial charge in [0.05, 0.1) is 18.3 Å². The first-order valence-electron chi connectivity index (χ1n) is 17.6. The Labute approximate surface area is 308 Å². The molecular formula is C42H44N6OS2. The highest BCUT2D eigenvalue weighted by Crippen LogP contribution is 2.50. The molecule has 0 spiro atoms. The van der Waals surface area contributed by atoms with E-state index in [1.165, 1.54) is 38.9 Å². The fraction of sp³-hybridized carbons (Fsp3) is 0.286. The Bertz CT molecular complexity index is 2640. The monoisotopic (exact) mass is 712 g/mol. The minimum atomic E-state index is -0.509. The summed E-state index contributed by atoms with van der Waals surface area (Å²) >= 11 is 11.6. The second-order valence-corrected chi connectivity index (χ2v) is 15.5. The van der Waals surface area contributed by atoms with Crippen molar-refractivity contribution in [2.24, 2.45) is 0 Å². The average Bonchev–Trinajstić information content (AvgIpc) is 3.88. The molecule has 4 aromatic heterocycles. The van der Waals surface area contributed by atoms with E-state index in [1.807, 2.05) is 6.07 Å². The highest BCUT2D eigenvalue weighted by atomic mass is 32.1. The van der Waals surface area contributed by atoms with E-state index in [0.29, 0.717) is 4.77 Å². The van der Waals surface area contributed by atoms with E-state index in [1.54, 1.807) is 7.11 Å². The van der Waals surface area contributed by atoms with E-state index in [9.17, 15) is 0 Å². The fourth-order valence-electron chi connectivity index (χ4n) is 7.99. The summed E-state index contributed by atoms with van der Waals surface area (Å²) in [6, 6.07) is 20.0. The van der Waals surface area contributed by atoms with Gasteiger partial charge in [-0.2, -0.15) is 17.7 Å². The number of nitrogens with one attached hydrogen (secondary N) is 3. The second-order valence-electron chi connectivity index (χ2n) is 14.3. The van der Waals surface area contributed by atoms with Crippen molar-refractivity contribution >= 4 is 68.7 Å². The molecule has 1 aliphatic carbocycles. The third kappa shape index (κ3) is 5.15. The number of hydrogen-bond acceptors (Lipinski definition) is 4. The zero-order valence-corrected chi connectivity index (χ0v) is 32.1. The maximum atomic E-state index is 6.02. The molecule has 7 aromatic rings. The predicted octanol–water partition coefficient (Wildman–Crippen LogP) is 11.0. The van der Waals surface area contributed by atoms with Crippen LogP contribution < -0.4 is 4.74 Å². The van der Waals surface area contributed by atoms with Gasteiger partial charge in [0.2, 0.25) is 0 Å². The molecule has 2 unspecified atom stereocenters. The summed E-state index contributed by atoms with van der Waals surface area (Å²) in [5, 5.41) is 11.6. The second kappa shape index (κ2) is 12.2. The molecule has 0 bridgehead atoms. The number of aromatic nitrogens is 6. The molecule has 51 heavy (non-hydrogen) atoms. The lowest BCUT2D eigenvalue weighted by Gasteiger charge is -2.37. The number of aryl methyl sites for hydroxylation is 4. The average molecular weight is 713 g/mol. The number of nitrogens with zero attached hydrogens (tertiary/aromatic N) is 3. The summed E-state index contributed by atoms with van der Waals surface area (Å²) in [7, 11) is 1.72. The number of thiol groups is 1. The van der Waals surface area contributed by atoms with Crippen LogP contribution in [0.5, 0.6) is 5.75 Å². The van der Waals surface area contributed by atoms with Gasteiger partial charge in [0.15, 0.2) is 10.6 Å². The highest BCUT2D eigenvalue weighted by molar-refractivity contribution is 7.82. The summed E-state index contributed by atoms with van der Waals surface area (Å²) in [5.41, 5.74) is 13.6. The molecule has 7 nitrogen and oxygen atoms in total. The number of benzene rings is 3. The number of methoxy groups -OCH3 is 1. The molecule has 3 N–H and O–H groups in total. The van der Waals surface area contributed by atoms with Crippen LogP contribution in [0.3, 0.4) is 0 Å². The van der Waals surface area contributed by atoms with Crippen molar-refractivity contribution in [1.29, 1.82) is 0 Å². The molecule has 3 aromatic carbocycles. The lowest BCUT2D eigenvalue weighted by Crippen LogP contribution is -2.30. The van der Waals surface area contributed by atoms with Gasteiger partial charge in [-0.3, -0.25) is 9.67 Å². The van der Waals surface area contributed by atoms with Crippen LogP contribution in [0.2, 0.25) is 0 Å². The maximum Gasteiger partial charge on any atom is 0.200 e. The Morgan fingerprint density at radius 1 is 0.902 bits per heavy atom. The van der Waals surface area contributed by atoms with Crippen molar-refractivity contribution in [1.82, 2.24) is 29.3 Å². The van der Waals surface area contributed by atoms with Crippen molar-refractivity contribution in [3.05, 3.63) is 117 Å². The van der Waals surface area contributed by atoms with Crippen molar-refractivity contribution in [3.8, 4) is 11.4 Å². The van der Waals surface area contributed by atoms with Gasteiger partial charge >= 0.3 is 0 Å².